The maximum Gasteiger partial charge on any atom is 0.416 e. The van der Waals surface area contributed by atoms with Gasteiger partial charge in [0.15, 0.2) is 6.10 Å². The second-order valence-corrected chi connectivity index (χ2v) is 6.36. The molecule has 0 radical (unpaired) electrons. The van der Waals surface area contributed by atoms with Gasteiger partial charge in [-0.1, -0.05) is 31.2 Å². The third-order valence-corrected chi connectivity index (χ3v) is 4.10. The van der Waals surface area contributed by atoms with Crippen molar-refractivity contribution >= 4 is 17.6 Å². The Labute approximate surface area is 176 Å². The molecule has 30 heavy (non-hydrogen) atoms. The Balaban J connectivity index is 2.27. The van der Waals surface area contributed by atoms with Gasteiger partial charge in [-0.25, -0.2) is 4.79 Å². The monoisotopic (exact) mass is 439 g/mol. The van der Waals surface area contributed by atoms with Crippen molar-refractivity contribution in [3.63, 3.8) is 0 Å². The summed E-state index contributed by atoms with van der Waals surface area (Å²) in [6.45, 7) is 5.17. The van der Waals surface area contributed by atoms with Gasteiger partial charge < -0.3 is 14.2 Å². The molecule has 1 unspecified atom stereocenters. The van der Waals surface area contributed by atoms with E-state index in [1.807, 2.05) is 6.07 Å². The number of hydrogen-bond acceptors (Lipinski definition) is 5. The lowest BCUT2D eigenvalue weighted by Gasteiger charge is -2.18. The molecule has 0 spiro atoms. The van der Waals surface area contributed by atoms with E-state index in [1.54, 1.807) is 6.92 Å². The van der Waals surface area contributed by atoms with Crippen LogP contribution < -0.4 is 9.47 Å². The molecule has 0 amide bonds. The molecule has 0 aliphatic carbocycles. The molecule has 0 bridgehead atoms. The topological polar surface area (TPSA) is 68.6 Å². The van der Waals surface area contributed by atoms with Crippen LogP contribution in [0.1, 0.15) is 24.5 Å². The van der Waals surface area contributed by atoms with Gasteiger partial charge >= 0.3 is 12.1 Å². The second kappa shape index (κ2) is 10.0. The number of hydrogen-bond donors (Lipinski definition) is 0. The van der Waals surface area contributed by atoms with Crippen LogP contribution in [0.15, 0.2) is 49.1 Å². The third-order valence-electron chi connectivity index (χ3n) is 3.81. The molecule has 0 saturated heterocycles. The van der Waals surface area contributed by atoms with Crippen LogP contribution in [0.25, 0.3) is 0 Å². The van der Waals surface area contributed by atoms with Crippen molar-refractivity contribution in [2.75, 3.05) is 6.61 Å². The van der Waals surface area contributed by atoms with Gasteiger partial charge in [-0.3, -0.25) is 0 Å². The van der Waals surface area contributed by atoms with Gasteiger partial charge in [-0.05, 0) is 36.8 Å². The van der Waals surface area contributed by atoms with Crippen LogP contribution >= 0.6 is 11.6 Å². The standard InChI is InChI=1S/C21H17ClF3NO4/c1-3-9-28-20(27)17(4-2)30-19-11-15(7-5-13(19)12-26)29-18-8-6-14(10-16(18)22)21(23,24)25/h3,5-8,10-11,17H,1,4,9H2,2H3. The molecule has 2 aromatic rings. The minimum Gasteiger partial charge on any atom is -0.477 e. The Kier molecular flexibility index (Phi) is 7.72. The van der Waals surface area contributed by atoms with Crippen molar-refractivity contribution in [2.45, 2.75) is 25.6 Å². The third kappa shape index (κ3) is 5.91. The fraction of sp³-hybridized carbons (Fsp3) is 0.238. The minimum absolute atomic E-state index is 0.0133. The summed E-state index contributed by atoms with van der Waals surface area (Å²) in [6.07, 6.45) is -3.82. The number of halogens is 4. The number of carbonyl (C=O) groups is 1. The van der Waals surface area contributed by atoms with E-state index in [0.29, 0.717) is 0 Å². The highest BCUT2D eigenvalue weighted by Crippen LogP contribution is 2.37. The van der Waals surface area contributed by atoms with Gasteiger partial charge in [0.2, 0.25) is 0 Å². The van der Waals surface area contributed by atoms with Crippen molar-refractivity contribution in [1.29, 1.82) is 5.26 Å². The molecule has 2 rings (SSSR count). The summed E-state index contributed by atoms with van der Waals surface area (Å²) >= 11 is 5.90. The van der Waals surface area contributed by atoms with Crippen molar-refractivity contribution in [1.82, 2.24) is 0 Å². The van der Waals surface area contributed by atoms with E-state index >= 15 is 0 Å². The molecular weight excluding hydrogens is 423 g/mol. The van der Waals surface area contributed by atoms with Gasteiger partial charge in [-0.2, -0.15) is 18.4 Å². The fourth-order valence-electron chi connectivity index (χ4n) is 2.33. The highest BCUT2D eigenvalue weighted by atomic mass is 35.5. The summed E-state index contributed by atoms with van der Waals surface area (Å²) in [5.41, 5.74) is -0.775. The van der Waals surface area contributed by atoms with Crippen LogP contribution in [0.4, 0.5) is 13.2 Å². The second-order valence-electron chi connectivity index (χ2n) is 5.95. The first-order valence-corrected chi connectivity index (χ1v) is 9.10. The molecular formula is C21H17ClF3NO4. The van der Waals surface area contributed by atoms with Crippen molar-refractivity contribution in [2.24, 2.45) is 0 Å². The Bertz CT molecular complexity index is 970. The molecule has 0 aliphatic heterocycles. The lowest BCUT2D eigenvalue weighted by molar-refractivity contribution is -0.150. The largest absolute Gasteiger partial charge is 0.477 e. The molecule has 9 heteroatoms. The van der Waals surface area contributed by atoms with Crippen molar-refractivity contribution in [3.05, 3.63) is 65.2 Å². The lowest BCUT2D eigenvalue weighted by atomic mass is 10.2. The average molecular weight is 440 g/mol. The smallest absolute Gasteiger partial charge is 0.416 e. The maximum atomic E-state index is 12.8. The molecule has 0 N–H and O–H groups in total. The number of nitriles is 1. The summed E-state index contributed by atoms with van der Waals surface area (Å²) in [6, 6.07) is 8.77. The molecule has 0 fully saturated rings. The fourth-order valence-corrected chi connectivity index (χ4v) is 2.55. The highest BCUT2D eigenvalue weighted by molar-refractivity contribution is 6.32. The van der Waals surface area contributed by atoms with Crippen molar-refractivity contribution < 1.29 is 32.2 Å². The Morgan fingerprint density at radius 2 is 2.00 bits per heavy atom. The van der Waals surface area contributed by atoms with E-state index in [0.717, 1.165) is 18.2 Å². The van der Waals surface area contributed by atoms with E-state index in [2.05, 4.69) is 6.58 Å². The molecule has 0 aromatic heterocycles. The summed E-state index contributed by atoms with van der Waals surface area (Å²) in [5, 5.41) is 9.05. The van der Waals surface area contributed by atoms with Crippen molar-refractivity contribution in [3.8, 4) is 23.3 Å². The summed E-state index contributed by atoms with van der Waals surface area (Å²) < 4.78 is 54.4. The van der Waals surface area contributed by atoms with Gasteiger partial charge in [0.25, 0.3) is 0 Å². The molecule has 0 aliphatic rings. The highest BCUT2D eigenvalue weighted by Gasteiger charge is 2.31. The molecule has 0 saturated carbocycles. The summed E-state index contributed by atoms with van der Waals surface area (Å²) in [7, 11) is 0. The van der Waals surface area contributed by atoms with Gasteiger partial charge in [0.1, 0.15) is 29.9 Å². The number of alkyl halides is 3. The van der Waals surface area contributed by atoms with E-state index in [9.17, 15) is 23.2 Å². The molecule has 1 atom stereocenters. The number of nitrogens with zero attached hydrogens (tertiary/aromatic N) is 1. The van der Waals surface area contributed by atoms with Gasteiger partial charge in [-0.15, -0.1) is 0 Å². The molecule has 5 nitrogen and oxygen atoms in total. The first kappa shape index (κ1) is 23.1. The number of rotatable bonds is 8. The quantitative estimate of drug-likeness (QED) is 0.378. The molecule has 2 aromatic carbocycles. The first-order chi connectivity index (χ1) is 14.2. The minimum atomic E-state index is -4.53. The SMILES string of the molecule is C=CCOC(=O)C(CC)Oc1cc(Oc2ccc(C(F)(F)F)cc2Cl)ccc1C#N. The van der Waals surface area contributed by atoms with E-state index in [1.165, 1.54) is 24.3 Å². The lowest BCUT2D eigenvalue weighted by Crippen LogP contribution is -2.29. The van der Waals surface area contributed by atoms with Gasteiger partial charge in [0.05, 0.1) is 16.1 Å². The van der Waals surface area contributed by atoms with Crippen LogP contribution in [-0.2, 0) is 15.7 Å². The Morgan fingerprint density at radius 3 is 2.57 bits per heavy atom. The van der Waals surface area contributed by atoms with E-state index in [-0.39, 0.29) is 40.9 Å². The van der Waals surface area contributed by atoms with Crippen LogP contribution in [0.3, 0.4) is 0 Å². The van der Waals surface area contributed by atoms with E-state index in [4.69, 9.17) is 25.8 Å². The predicted molar refractivity (Wildman–Crippen MR) is 104 cm³/mol. The normalized spacial score (nSPS) is 11.9. The average Bonchev–Trinajstić information content (AvgIpc) is 2.71. The Hall–Kier alpha value is -3.18. The Morgan fingerprint density at radius 1 is 1.27 bits per heavy atom. The zero-order valence-corrected chi connectivity index (χ0v) is 16.6. The maximum absolute atomic E-state index is 12.8. The number of esters is 1. The number of benzene rings is 2. The van der Waals surface area contributed by atoms with E-state index < -0.39 is 23.8 Å². The molecule has 158 valence electrons. The van der Waals surface area contributed by atoms with Crippen LogP contribution in [-0.4, -0.2) is 18.7 Å². The predicted octanol–water partition coefficient (Wildman–Crippen LogP) is 5.91. The summed E-state index contributed by atoms with van der Waals surface area (Å²) in [5.74, 6) is -0.434. The first-order valence-electron chi connectivity index (χ1n) is 8.72. The zero-order chi connectivity index (χ0) is 22.3. The number of carbonyl (C=O) groups excluding carboxylic acids is 1. The van der Waals surface area contributed by atoms with Crippen LogP contribution in [0.5, 0.6) is 17.2 Å². The van der Waals surface area contributed by atoms with Crippen LogP contribution in [0, 0.1) is 11.3 Å². The zero-order valence-electron chi connectivity index (χ0n) is 15.8. The molecule has 0 heterocycles. The number of ether oxygens (including phenoxy) is 3. The summed E-state index contributed by atoms with van der Waals surface area (Å²) in [4.78, 5) is 12.1. The van der Waals surface area contributed by atoms with Gasteiger partial charge in [0, 0.05) is 6.07 Å². The van der Waals surface area contributed by atoms with Crippen LogP contribution in [0.2, 0.25) is 5.02 Å².